The van der Waals surface area contributed by atoms with Crippen LogP contribution < -0.4 is 0 Å². The van der Waals surface area contributed by atoms with E-state index < -0.39 is 0 Å². The predicted octanol–water partition coefficient (Wildman–Crippen LogP) is 1.63. The van der Waals surface area contributed by atoms with Crippen molar-refractivity contribution in [3.8, 4) is 6.07 Å². The van der Waals surface area contributed by atoms with Crippen LogP contribution in [0.25, 0.3) is 0 Å². The molecule has 2 rings (SSSR count). The van der Waals surface area contributed by atoms with Crippen LogP contribution in [0.15, 0.2) is 0 Å². The fraction of sp³-hybridized carbons (Fsp3) is 0.900. The molecule has 2 nitrogen and oxygen atoms in total. The SMILES string of the molecule is CC(C#N)N1CC2CCCC2C1. The minimum Gasteiger partial charge on any atom is -0.288 e. The Hall–Kier alpha value is -0.550. The van der Waals surface area contributed by atoms with Gasteiger partial charge in [0.1, 0.15) is 0 Å². The highest BCUT2D eigenvalue weighted by Crippen LogP contribution is 2.38. The third-order valence-corrected chi connectivity index (χ3v) is 3.49. The van der Waals surface area contributed by atoms with Crippen LogP contribution in [0.5, 0.6) is 0 Å². The van der Waals surface area contributed by atoms with Gasteiger partial charge in [-0.2, -0.15) is 5.26 Å². The van der Waals surface area contributed by atoms with Crippen LogP contribution in [0.2, 0.25) is 0 Å². The summed E-state index contributed by atoms with van der Waals surface area (Å²) in [6.45, 7) is 4.37. The topological polar surface area (TPSA) is 27.0 Å². The molecule has 0 spiro atoms. The Morgan fingerprint density at radius 1 is 1.33 bits per heavy atom. The number of likely N-dealkylation sites (tertiary alicyclic amines) is 1. The van der Waals surface area contributed by atoms with Gasteiger partial charge in [-0.05, 0) is 31.6 Å². The number of hydrogen-bond donors (Lipinski definition) is 0. The first-order valence-corrected chi connectivity index (χ1v) is 4.95. The summed E-state index contributed by atoms with van der Waals surface area (Å²) in [6.07, 6.45) is 4.22. The molecule has 0 bridgehead atoms. The summed E-state index contributed by atoms with van der Waals surface area (Å²) in [6, 6.07) is 2.46. The second-order valence-electron chi connectivity index (χ2n) is 4.21. The fourth-order valence-electron chi connectivity index (χ4n) is 2.67. The van der Waals surface area contributed by atoms with Gasteiger partial charge >= 0.3 is 0 Å². The second kappa shape index (κ2) is 3.06. The maximum atomic E-state index is 8.77. The molecule has 0 aromatic rings. The van der Waals surface area contributed by atoms with Crippen molar-refractivity contribution in [1.82, 2.24) is 4.90 Å². The summed E-state index contributed by atoms with van der Waals surface area (Å²) >= 11 is 0. The average Bonchev–Trinajstić information content (AvgIpc) is 2.60. The highest BCUT2D eigenvalue weighted by Gasteiger charge is 2.37. The molecule has 0 aromatic heterocycles. The van der Waals surface area contributed by atoms with Crippen molar-refractivity contribution in [2.75, 3.05) is 13.1 Å². The van der Waals surface area contributed by atoms with E-state index >= 15 is 0 Å². The fourth-order valence-corrected chi connectivity index (χ4v) is 2.67. The molecule has 66 valence electrons. The van der Waals surface area contributed by atoms with E-state index in [1.807, 2.05) is 6.92 Å². The highest BCUT2D eigenvalue weighted by atomic mass is 15.2. The minimum atomic E-state index is 0.135. The Kier molecular flexibility index (Phi) is 2.06. The second-order valence-corrected chi connectivity index (χ2v) is 4.21. The number of nitrogens with zero attached hydrogens (tertiary/aromatic N) is 2. The van der Waals surface area contributed by atoms with Crippen LogP contribution >= 0.6 is 0 Å². The Bertz CT molecular complexity index is 194. The van der Waals surface area contributed by atoms with Crippen LogP contribution in [0, 0.1) is 23.2 Å². The van der Waals surface area contributed by atoms with Crippen LogP contribution in [0.3, 0.4) is 0 Å². The smallest absolute Gasteiger partial charge is 0.0949 e. The quantitative estimate of drug-likeness (QED) is 0.589. The maximum Gasteiger partial charge on any atom is 0.0949 e. The summed E-state index contributed by atoms with van der Waals surface area (Å²) in [5.41, 5.74) is 0. The summed E-state index contributed by atoms with van der Waals surface area (Å²) in [4.78, 5) is 2.34. The van der Waals surface area contributed by atoms with Crippen LogP contribution in [0.4, 0.5) is 0 Å². The third-order valence-electron chi connectivity index (χ3n) is 3.49. The average molecular weight is 164 g/mol. The molecule has 1 saturated heterocycles. The van der Waals surface area contributed by atoms with Crippen LogP contribution in [-0.4, -0.2) is 24.0 Å². The van der Waals surface area contributed by atoms with E-state index in [0.717, 1.165) is 11.8 Å². The maximum absolute atomic E-state index is 8.77. The highest BCUT2D eigenvalue weighted by molar-refractivity contribution is 4.96. The lowest BCUT2D eigenvalue weighted by Crippen LogP contribution is -2.30. The number of rotatable bonds is 1. The molecule has 2 fully saturated rings. The van der Waals surface area contributed by atoms with E-state index in [0.29, 0.717) is 0 Å². The molecule has 3 atom stereocenters. The number of nitriles is 1. The van der Waals surface area contributed by atoms with Crippen molar-refractivity contribution in [1.29, 1.82) is 5.26 Å². The Labute approximate surface area is 74.2 Å². The van der Waals surface area contributed by atoms with Gasteiger partial charge in [0.25, 0.3) is 0 Å². The summed E-state index contributed by atoms with van der Waals surface area (Å²) in [7, 11) is 0. The van der Waals surface area contributed by atoms with Gasteiger partial charge in [0, 0.05) is 13.1 Å². The van der Waals surface area contributed by atoms with E-state index in [1.54, 1.807) is 0 Å². The van der Waals surface area contributed by atoms with E-state index in [2.05, 4.69) is 11.0 Å². The molecule has 0 radical (unpaired) electrons. The molecule has 0 N–H and O–H groups in total. The number of fused-ring (bicyclic) bond motifs is 1. The molecule has 3 unspecified atom stereocenters. The van der Waals surface area contributed by atoms with Crippen molar-refractivity contribution in [2.45, 2.75) is 32.2 Å². The van der Waals surface area contributed by atoms with Gasteiger partial charge in [-0.3, -0.25) is 4.90 Å². The van der Waals surface area contributed by atoms with E-state index in [4.69, 9.17) is 5.26 Å². The zero-order valence-electron chi connectivity index (χ0n) is 7.66. The minimum absolute atomic E-state index is 0.135. The molecule has 1 aliphatic carbocycles. The predicted molar refractivity (Wildman–Crippen MR) is 47.5 cm³/mol. The molecule has 12 heavy (non-hydrogen) atoms. The molecule has 1 aliphatic heterocycles. The zero-order chi connectivity index (χ0) is 8.55. The van der Waals surface area contributed by atoms with E-state index in [-0.39, 0.29) is 6.04 Å². The van der Waals surface area contributed by atoms with Gasteiger partial charge in [-0.1, -0.05) is 6.42 Å². The summed E-state index contributed by atoms with van der Waals surface area (Å²) in [5.74, 6) is 1.83. The normalized spacial score (nSPS) is 37.7. The lowest BCUT2D eigenvalue weighted by molar-refractivity contribution is 0.281. The first-order valence-electron chi connectivity index (χ1n) is 4.95. The molecule has 1 heterocycles. The van der Waals surface area contributed by atoms with Gasteiger partial charge in [-0.25, -0.2) is 0 Å². The lowest BCUT2D eigenvalue weighted by Gasteiger charge is -2.18. The number of hydrogen-bond acceptors (Lipinski definition) is 2. The van der Waals surface area contributed by atoms with Gasteiger partial charge in [0.15, 0.2) is 0 Å². The van der Waals surface area contributed by atoms with Gasteiger partial charge in [0.2, 0.25) is 0 Å². The van der Waals surface area contributed by atoms with E-state index in [9.17, 15) is 0 Å². The molecule has 1 saturated carbocycles. The van der Waals surface area contributed by atoms with E-state index in [1.165, 1.54) is 32.4 Å². The third kappa shape index (κ3) is 1.23. The Morgan fingerprint density at radius 3 is 2.42 bits per heavy atom. The van der Waals surface area contributed by atoms with Crippen LogP contribution in [0.1, 0.15) is 26.2 Å². The lowest BCUT2D eigenvalue weighted by atomic mass is 10.0. The standard InChI is InChI=1S/C10H16N2/c1-8(5-11)12-6-9-3-2-4-10(9)7-12/h8-10H,2-4,6-7H2,1H3. The monoisotopic (exact) mass is 164 g/mol. The molecular weight excluding hydrogens is 148 g/mol. The van der Waals surface area contributed by atoms with Crippen molar-refractivity contribution in [3.05, 3.63) is 0 Å². The molecule has 0 amide bonds. The van der Waals surface area contributed by atoms with Gasteiger partial charge < -0.3 is 0 Å². The zero-order valence-corrected chi connectivity index (χ0v) is 7.66. The van der Waals surface area contributed by atoms with Crippen molar-refractivity contribution in [2.24, 2.45) is 11.8 Å². The summed E-state index contributed by atoms with van der Waals surface area (Å²) < 4.78 is 0. The van der Waals surface area contributed by atoms with Gasteiger partial charge in [0.05, 0.1) is 12.1 Å². The van der Waals surface area contributed by atoms with Crippen LogP contribution in [-0.2, 0) is 0 Å². The van der Waals surface area contributed by atoms with Gasteiger partial charge in [-0.15, -0.1) is 0 Å². The first kappa shape index (κ1) is 8.07. The van der Waals surface area contributed by atoms with Crippen molar-refractivity contribution >= 4 is 0 Å². The largest absolute Gasteiger partial charge is 0.288 e. The van der Waals surface area contributed by atoms with Crippen molar-refractivity contribution < 1.29 is 0 Å². The first-order chi connectivity index (χ1) is 5.81. The molecule has 2 heteroatoms. The van der Waals surface area contributed by atoms with Crippen molar-refractivity contribution in [3.63, 3.8) is 0 Å². The molecular formula is C10H16N2. The Balaban J connectivity index is 1.95. The summed E-state index contributed by atoms with van der Waals surface area (Å²) in [5, 5.41) is 8.77. The molecule has 0 aromatic carbocycles. The molecule has 2 aliphatic rings. The Morgan fingerprint density at radius 2 is 1.92 bits per heavy atom.